The number of hydrogen-bond acceptors (Lipinski definition) is 7. The van der Waals surface area contributed by atoms with Crippen LogP contribution in [0, 0.1) is 31.6 Å². The molecular formula is C32H38N4O5S. The number of rotatable bonds is 9. The second-order valence-electron chi connectivity index (χ2n) is 11.8. The van der Waals surface area contributed by atoms with E-state index in [0.29, 0.717) is 12.2 Å². The fraction of sp³-hybridized carbons (Fsp3) is 0.438. The van der Waals surface area contributed by atoms with E-state index in [1.165, 1.54) is 9.80 Å². The molecule has 2 heterocycles. The average Bonchev–Trinajstić information content (AvgIpc) is 3.55. The fourth-order valence-electron chi connectivity index (χ4n) is 6.07. The standard InChI is InChI=1S/C32H38N4O5S/c1-19-6-11-27(41-17-24-10-7-21(13-20(24)2)30(38)35(5)16-28(37)34(3)4)25(12-19)26-18-42-32(33-26)36-14-22-8-9-23(15-36)29(22)31(39)40/h6-7,10-13,18,22-23,29H,8-9,14-17H2,1-5H3,(H,39,40)/t22-,23?,29?/m0/s1. The molecule has 1 aliphatic carbocycles. The van der Waals surface area contributed by atoms with Crippen molar-refractivity contribution < 1.29 is 24.2 Å². The zero-order valence-corrected chi connectivity index (χ0v) is 25.6. The minimum Gasteiger partial charge on any atom is -0.488 e. The van der Waals surface area contributed by atoms with Crippen molar-refractivity contribution in [2.45, 2.75) is 33.3 Å². The van der Waals surface area contributed by atoms with E-state index in [2.05, 4.69) is 11.0 Å². The van der Waals surface area contributed by atoms with Gasteiger partial charge < -0.3 is 24.5 Å². The molecule has 3 aromatic rings. The summed E-state index contributed by atoms with van der Waals surface area (Å²) in [5, 5.41) is 12.6. The highest BCUT2D eigenvalue weighted by molar-refractivity contribution is 7.14. The number of carbonyl (C=O) groups excluding carboxylic acids is 2. The number of aryl methyl sites for hydroxylation is 2. The zero-order valence-electron chi connectivity index (χ0n) is 24.8. The maximum absolute atomic E-state index is 12.9. The number of fused-ring (bicyclic) bond motifs is 2. The number of aliphatic carboxylic acids is 1. The summed E-state index contributed by atoms with van der Waals surface area (Å²) in [6.07, 6.45) is 1.93. The third kappa shape index (κ3) is 6.13. The minimum absolute atomic E-state index is 0.0199. The third-order valence-electron chi connectivity index (χ3n) is 8.48. The molecule has 10 heteroatoms. The van der Waals surface area contributed by atoms with Gasteiger partial charge in [0.2, 0.25) is 5.91 Å². The van der Waals surface area contributed by atoms with Crippen LogP contribution < -0.4 is 9.64 Å². The van der Waals surface area contributed by atoms with Gasteiger partial charge in [-0.2, -0.15) is 0 Å². The first-order chi connectivity index (χ1) is 20.0. The number of hydrogen-bond donors (Lipinski definition) is 1. The maximum Gasteiger partial charge on any atom is 0.307 e. The molecule has 42 heavy (non-hydrogen) atoms. The second kappa shape index (κ2) is 12.1. The summed E-state index contributed by atoms with van der Waals surface area (Å²) >= 11 is 1.59. The summed E-state index contributed by atoms with van der Waals surface area (Å²) in [4.78, 5) is 46.8. The largest absolute Gasteiger partial charge is 0.488 e. The summed E-state index contributed by atoms with van der Waals surface area (Å²) < 4.78 is 6.32. The van der Waals surface area contributed by atoms with Crippen LogP contribution in [-0.4, -0.2) is 78.5 Å². The highest BCUT2D eigenvalue weighted by Crippen LogP contribution is 2.44. The van der Waals surface area contributed by atoms with Gasteiger partial charge in [-0.25, -0.2) is 4.98 Å². The normalized spacial score (nSPS) is 19.5. The van der Waals surface area contributed by atoms with Crippen LogP contribution >= 0.6 is 11.3 Å². The Morgan fingerprint density at radius 1 is 1.05 bits per heavy atom. The van der Waals surface area contributed by atoms with Crippen LogP contribution in [0.3, 0.4) is 0 Å². The number of carboxylic acids is 1. The number of anilines is 1. The number of amides is 2. The number of ether oxygens (including phenoxy) is 1. The van der Waals surface area contributed by atoms with E-state index in [1.54, 1.807) is 38.5 Å². The lowest BCUT2D eigenvalue weighted by Gasteiger charge is -2.35. The summed E-state index contributed by atoms with van der Waals surface area (Å²) in [6, 6.07) is 11.6. The predicted octanol–water partition coefficient (Wildman–Crippen LogP) is 4.71. The van der Waals surface area contributed by atoms with Gasteiger partial charge in [-0.3, -0.25) is 14.4 Å². The van der Waals surface area contributed by atoms with Crippen molar-refractivity contribution in [1.82, 2.24) is 14.8 Å². The summed E-state index contributed by atoms with van der Waals surface area (Å²) in [5.41, 5.74) is 5.27. The zero-order chi connectivity index (χ0) is 30.1. The van der Waals surface area contributed by atoms with Gasteiger partial charge in [0, 0.05) is 50.7 Å². The molecule has 5 rings (SSSR count). The Labute approximate surface area is 250 Å². The smallest absolute Gasteiger partial charge is 0.307 e. The number of benzene rings is 2. The Bertz CT molecular complexity index is 1490. The number of nitrogens with zero attached hydrogens (tertiary/aromatic N) is 4. The highest BCUT2D eigenvalue weighted by atomic mass is 32.1. The van der Waals surface area contributed by atoms with Crippen molar-refractivity contribution >= 4 is 34.3 Å². The van der Waals surface area contributed by atoms with Gasteiger partial charge in [0.1, 0.15) is 12.4 Å². The Morgan fingerprint density at radius 2 is 1.76 bits per heavy atom. The molecule has 0 spiro atoms. The van der Waals surface area contributed by atoms with E-state index in [1.807, 2.05) is 43.5 Å². The van der Waals surface area contributed by atoms with Crippen LogP contribution in [0.1, 0.15) is 39.9 Å². The first-order valence-electron chi connectivity index (χ1n) is 14.2. The molecule has 2 fully saturated rings. The van der Waals surface area contributed by atoms with E-state index in [-0.39, 0.29) is 36.1 Å². The molecule has 222 valence electrons. The Kier molecular flexibility index (Phi) is 8.54. The van der Waals surface area contributed by atoms with E-state index < -0.39 is 5.97 Å². The molecule has 1 saturated carbocycles. The topological polar surface area (TPSA) is 103 Å². The van der Waals surface area contributed by atoms with E-state index >= 15 is 0 Å². The van der Waals surface area contributed by atoms with E-state index in [0.717, 1.165) is 64.8 Å². The second-order valence-corrected chi connectivity index (χ2v) is 12.6. The molecule has 2 amide bonds. The van der Waals surface area contributed by atoms with Crippen molar-refractivity contribution in [2.75, 3.05) is 45.7 Å². The van der Waals surface area contributed by atoms with Gasteiger partial charge in [0.25, 0.3) is 5.91 Å². The monoisotopic (exact) mass is 590 g/mol. The lowest BCUT2D eigenvalue weighted by Crippen LogP contribution is -2.44. The quantitative estimate of drug-likeness (QED) is 0.385. The van der Waals surface area contributed by atoms with Gasteiger partial charge in [-0.1, -0.05) is 17.7 Å². The van der Waals surface area contributed by atoms with Gasteiger partial charge in [0.05, 0.1) is 18.2 Å². The van der Waals surface area contributed by atoms with E-state index in [9.17, 15) is 19.5 Å². The van der Waals surface area contributed by atoms with Gasteiger partial charge in [0.15, 0.2) is 5.13 Å². The van der Waals surface area contributed by atoms with Crippen LogP contribution in [0.25, 0.3) is 11.3 Å². The molecule has 1 N–H and O–H groups in total. The van der Waals surface area contributed by atoms with E-state index in [4.69, 9.17) is 9.72 Å². The molecule has 1 saturated heterocycles. The Hall–Kier alpha value is -3.92. The number of likely N-dealkylation sites (N-methyl/N-ethyl adjacent to an activating group) is 2. The van der Waals surface area contributed by atoms with Crippen molar-refractivity contribution in [1.29, 1.82) is 0 Å². The average molecular weight is 591 g/mol. The Balaban J connectivity index is 1.28. The lowest BCUT2D eigenvalue weighted by atomic mass is 9.85. The van der Waals surface area contributed by atoms with Crippen molar-refractivity contribution in [3.63, 3.8) is 0 Å². The van der Waals surface area contributed by atoms with Crippen LogP contribution in [0.15, 0.2) is 41.8 Å². The molecule has 0 radical (unpaired) electrons. The minimum atomic E-state index is -0.663. The molecule has 2 bridgehead atoms. The number of piperidine rings is 1. The van der Waals surface area contributed by atoms with Crippen molar-refractivity contribution in [2.24, 2.45) is 17.8 Å². The number of carboxylic acid groups (broad SMARTS) is 1. The Morgan fingerprint density at radius 3 is 2.40 bits per heavy atom. The lowest BCUT2D eigenvalue weighted by molar-refractivity contribution is -0.144. The third-order valence-corrected chi connectivity index (χ3v) is 9.38. The summed E-state index contributed by atoms with van der Waals surface area (Å²) in [7, 11) is 4.96. The number of carbonyl (C=O) groups is 3. The molecule has 9 nitrogen and oxygen atoms in total. The molecule has 2 aliphatic rings. The molecule has 2 unspecified atom stereocenters. The van der Waals surface area contributed by atoms with Crippen LogP contribution in [0.5, 0.6) is 5.75 Å². The van der Waals surface area contributed by atoms with Gasteiger partial charge >= 0.3 is 5.97 Å². The number of aromatic nitrogens is 1. The molecule has 3 atom stereocenters. The fourth-order valence-corrected chi connectivity index (χ4v) is 6.91. The van der Waals surface area contributed by atoms with Crippen LogP contribution in [0.4, 0.5) is 5.13 Å². The van der Waals surface area contributed by atoms with Gasteiger partial charge in [-0.15, -0.1) is 11.3 Å². The molecule has 2 aromatic carbocycles. The van der Waals surface area contributed by atoms with Crippen molar-refractivity contribution in [3.05, 3.63) is 64.0 Å². The SMILES string of the molecule is Cc1ccc(OCc2ccc(C(=O)N(C)CC(=O)N(C)C)cc2C)c(-c2csc(N3CC4CC[C@@H](C3)C4C(=O)O)n2)c1. The maximum atomic E-state index is 12.9. The predicted molar refractivity (Wildman–Crippen MR) is 163 cm³/mol. The number of thiazole rings is 1. The molecule has 1 aliphatic heterocycles. The first-order valence-corrected chi connectivity index (χ1v) is 15.1. The molecule has 1 aromatic heterocycles. The van der Waals surface area contributed by atoms with Crippen molar-refractivity contribution in [3.8, 4) is 17.0 Å². The first kappa shape index (κ1) is 29.6. The van der Waals surface area contributed by atoms with Crippen LogP contribution in [-0.2, 0) is 16.2 Å². The molecular weight excluding hydrogens is 552 g/mol. The van der Waals surface area contributed by atoms with Gasteiger partial charge in [-0.05, 0) is 73.9 Å². The van der Waals surface area contributed by atoms with Crippen LogP contribution in [0.2, 0.25) is 0 Å². The summed E-state index contributed by atoms with van der Waals surface area (Å²) in [5.74, 6) is -0.159. The highest BCUT2D eigenvalue weighted by Gasteiger charge is 2.46. The summed E-state index contributed by atoms with van der Waals surface area (Å²) in [6.45, 7) is 5.80.